The average molecular weight is 266 g/mol. The van der Waals surface area contributed by atoms with E-state index in [2.05, 4.69) is 5.32 Å². The van der Waals surface area contributed by atoms with Crippen molar-refractivity contribution < 1.29 is 18.7 Å². The fourth-order valence-electron chi connectivity index (χ4n) is 2.03. The Morgan fingerprint density at radius 1 is 1.47 bits per heavy atom. The molecule has 1 aliphatic rings. The molecule has 1 N–H and O–H groups in total. The third kappa shape index (κ3) is 2.52. The zero-order valence-corrected chi connectivity index (χ0v) is 10.8. The van der Waals surface area contributed by atoms with Gasteiger partial charge in [0.25, 0.3) is 0 Å². The summed E-state index contributed by atoms with van der Waals surface area (Å²) in [5.41, 5.74) is 0.358. The fraction of sp³-hybridized carbons (Fsp3) is 0.385. The molecule has 1 saturated heterocycles. The number of piperazine rings is 1. The molecule has 0 saturated carbocycles. The van der Waals surface area contributed by atoms with Crippen molar-refractivity contribution in [2.45, 2.75) is 19.4 Å². The van der Waals surface area contributed by atoms with E-state index in [1.165, 1.54) is 24.1 Å². The molecule has 1 heterocycles. The lowest BCUT2D eigenvalue weighted by Crippen LogP contribution is -2.58. The minimum atomic E-state index is -0.563. The van der Waals surface area contributed by atoms with E-state index >= 15 is 0 Å². The quantitative estimate of drug-likeness (QED) is 0.890. The van der Waals surface area contributed by atoms with Gasteiger partial charge in [0, 0.05) is 11.8 Å². The van der Waals surface area contributed by atoms with Gasteiger partial charge in [-0.1, -0.05) is 6.92 Å². The number of carbonyl (C=O) groups excluding carboxylic acids is 2. The van der Waals surface area contributed by atoms with Gasteiger partial charge in [-0.05, 0) is 18.6 Å². The maximum Gasteiger partial charge on any atom is 0.250 e. The van der Waals surface area contributed by atoms with E-state index < -0.39 is 11.9 Å². The zero-order chi connectivity index (χ0) is 14.0. The molecule has 1 aromatic carbocycles. The summed E-state index contributed by atoms with van der Waals surface area (Å²) in [6.45, 7) is 1.71. The summed E-state index contributed by atoms with van der Waals surface area (Å²) in [5, 5.41) is 2.60. The molecule has 1 unspecified atom stereocenters. The van der Waals surface area contributed by atoms with Crippen molar-refractivity contribution in [3.05, 3.63) is 24.0 Å². The topological polar surface area (TPSA) is 58.6 Å². The lowest BCUT2D eigenvalue weighted by Gasteiger charge is -2.32. The Labute approximate surface area is 110 Å². The van der Waals surface area contributed by atoms with Crippen LogP contribution in [0.1, 0.15) is 13.3 Å². The number of halogens is 1. The van der Waals surface area contributed by atoms with Gasteiger partial charge in [0.2, 0.25) is 11.8 Å². The Kier molecular flexibility index (Phi) is 3.69. The van der Waals surface area contributed by atoms with Gasteiger partial charge in [-0.2, -0.15) is 0 Å². The van der Waals surface area contributed by atoms with Crippen LogP contribution < -0.4 is 15.0 Å². The summed E-state index contributed by atoms with van der Waals surface area (Å²) in [5.74, 6) is -0.939. The number of benzene rings is 1. The van der Waals surface area contributed by atoms with E-state index in [-0.39, 0.29) is 24.1 Å². The van der Waals surface area contributed by atoms with E-state index in [0.717, 1.165) is 0 Å². The van der Waals surface area contributed by atoms with Gasteiger partial charge in [-0.25, -0.2) is 4.39 Å². The van der Waals surface area contributed by atoms with Crippen LogP contribution >= 0.6 is 0 Å². The number of nitrogens with one attached hydrogen (secondary N) is 1. The molecule has 0 aliphatic carbocycles. The van der Waals surface area contributed by atoms with Crippen molar-refractivity contribution in [2.24, 2.45) is 0 Å². The lowest BCUT2D eigenvalue weighted by atomic mass is 10.1. The number of nitrogens with zero attached hydrogens (tertiary/aromatic N) is 1. The highest BCUT2D eigenvalue weighted by atomic mass is 19.1. The second-order valence-electron chi connectivity index (χ2n) is 4.27. The minimum absolute atomic E-state index is 0.0961. The maximum atomic E-state index is 13.6. The molecular weight excluding hydrogens is 251 g/mol. The third-order valence-electron chi connectivity index (χ3n) is 3.06. The number of hydrogen-bond donors (Lipinski definition) is 1. The van der Waals surface area contributed by atoms with Gasteiger partial charge in [-0.15, -0.1) is 0 Å². The molecule has 0 bridgehead atoms. The summed E-state index contributed by atoms with van der Waals surface area (Å²) in [7, 11) is 1.37. The molecule has 0 aromatic heterocycles. The molecule has 0 spiro atoms. The largest absolute Gasteiger partial charge is 0.494 e. The van der Waals surface area contributed by atoms with Crippen LogP contribution in [-0.2, 0) is 9.59 Å². The van der Waals surface area contributed by atoms with Crippen LogP contribution in [0, 0.1) is 5.82 Å². The predicted octanol–water partition coefficient (Wildman–Crippen LogP) is 1.08. The van der Waals surface area contributed by atoms with Crippen molar-refractivity contribution in [3.63, 3.8) is 0 Å². The normalized spacial score (nSPS) is 19.3. The lowest BCUT2D eigenvalue weighted by molar-refractivity contribution is -0.131. The number of ether oxygens (including phenoxy) is 1. The van der Waals surface area contributed by atoms with Crippen LogP contribution in [0.3, 0.4) is 0 Å². The molecule has 2 rings (SSSR count). The Balaban J connectivity index is 2.31. The summed E-state index contributed by atoms with van der Waals surface area (Å²) in [6, 6.07) is 3.64. The Bertz CT molecular complexity index is 519. The monoisotopic (exact) mass is 266 g/mol. The molecule has 2 amide bonds. The number of rotatable bonds is 3. The van der Waals surface area contributed by atoms with Crippen LogP contribution in [0.5, 0.6) is 5.75 Å². The van der Waals surface area contributed by atoms with Gasteiger partial charge in [0.15, 0.2) is 11.6 Å². The highest BCUT2D eigenvalue weighted by Crippen LogP contribution is 2.25. The molecular formula is C13H15FN2O3. The van der Waals surface area contributed by atoms with Gasteiger partial charge in [0.05, 0.1) is 7.11 Å². The smallest absolute Gasteiger partial charge is 0.250 e. The first kappa shape index (κ1) is 13.3. The number of carbonyl (C=O) groups is 2. The Morgan fingerprint density at radius 2 is 2.21 bits per heavy atom. The highest BCUT2D eigenvalue weighted by molar-refractivity contribution is 6.06. The number of methoxy groups -OCH3 is 1. The second-order valence-corrected chi connectivity index (χ2v) is 4.27. The SMILES string of the molecule is CCC1NC(=O)CN(c2ccc(OC)c(F)c2)C1=O. The Morgan fingerprint density at radius 3 is 2.79 bits per heavy atom. The summed E-state index contributed by atoms with van der Waals surface area (Å²) >= 11 is 0. The molecule has 1 aromatic rings. The highest BCUT2D eigenvalue weighted by Gasteiger charge is 2.32. The first-order valence-corrected chi connectivity index (χ1v) is 6.01. The maximum absolute atomic E-state index is 13.6. The molecule has 19 heavy (non-hydrogen) atoms. The molecule has 1 aliphatic heterocycles. The minimum Gasteiger partial charge on any atom is -0.494 e. The van der Waals surface area contributed by atoms with Crippen LogP contribution in [0.15, 0.2) is 18.2 Å². The van der Waals surface area contributed by atoms with Crippen molar-refractivity contribution in [2.75, 3.05) is 18.6 Å². The summed E-state index contributed by atoms with van der Waals surface area (Å²) in [4.78, 5) is 25.0. The molecule has 102 valence electrons. The first-order chi connectivity index (χ1) is 9.06. The van der Waals surface area contributed by atoms with E-state index in [1.54, 1.807) is 13.0 Å². The predicted molar refractivity (Wildman–Crippen MR) is 67.5 cm³/mol. The summed E-state index contributed by atoms with van der Waals surface area (Å²) in [6.07, 6.45) is 0.500. The van der Waals surface area contributed by atoms with Crippen molar-refractivity contribution in [1.29, 1.82) is 0 Å². The van der Waals surface area contributed by atoms with Crippen LogP contribution in [0.25, 0.3) is 0 Å². The fourth-order valence-corrected chi connectivity index (χ4v) is 2.03. The molecule has 0 radical (unpaired) electrons. The van der Waals surface area contributed by atoms with Gasteiger partial charge < -0.3 is 15.0 Å². The van der Waals surface area contributed by atoms with E-state index in [0.29, 0.717) is 12.1 Å². The van der Waals surface area contributed by atoms with Gasteiger partial charge in [0.1, 0.15) is 12.6 Å². The zero-order valence-electron chi connectivity index (χ0n) is 10.8. The van der Waals surface area contributed by atoms with Crippen LogP contribution in [0.2, 0.25) is 0 Å². The standard InChI is InChI=1S/C13H15FN2O3/c1-3-10-13(18)16(7-12(17)15-10)8-4-5-11(19-2)9(14)6-8/h4-6,10H,3,7H2,1-2H3,(H,15,17). The van der Waals surface area contributed by atoms with Gasteiger partial charge >= 0.3 is 0 Å². The summed E-state index contributed by atoms with van der Waals surface area (Å²) < 4.78 is 18.5. The van der Waals surface area contributed by atoms with E-state index in [9.17, 15) is 14.0 Å². The van der Waals surface area contributed by atoms with E-state index in [1.807, 2.05) is 0 Å². The molecule has 5 nitrogen and oxygen atoms in total. The van der Waals surface area contributed by atoms with Crippen LogP contribution in [-0.4, -0.2) is 31.5 Å². The van der Waals surface area contributed by atoms with Crippen molar-refractivity contribution >= 4 is 17.5 Å². The Hall–Kier alpha value is -2.11. The number of amides is 2. The van der Waals surface area contributed by atoms with E-state index in [4.69, 9.17) is 4.74 Å². The average Bonchev–Trinajstić information content (AvgIpc) is 2.40. The van der Waals surface area contributed by atoms with Gasteiger partial charge in [-0.3, -0.25) is 9.59 Å². The molecule has 1 atom stereocenters. The molecule has 1 fully saturated rings. The number of hydrogen-bond acceptors (Lipinski definition) is 3. The van der Waals surface area contributed by atoms with Crippen LogP contribution in [0.4, 0.5) is 10.1 Å². The number of anilines is 1. The second kappa shape index (κ2) is 5.26. The molecule has 6 heteroatoms. The third-order valence-corrected chi connectivity index (χ3v) is 3.06. The first-order valence-electron chi connectivity index (χ1n) is 6.01. The van der Waals surface area contributed by atoms with Crippen molar-refractivity contribution in [1.82, 2.24) is 5.32 Å². The van der Waals surface area contributed by atoms with Crippen molar-refractivity contribution in [3.8, 4) is 5.75 Å².